The molecule has 0 saturated carbocycles. The summed E-state index contributed by atoms with van der Waals surface area (Å²) in [6.45, 7) is 2.98. The molecular formula is C14H18N2O2. The van der Waals surface area contributed by atoms with Crippen LogP contribution in [0.15, 0.2) is 34.7 Å². The topological polar surface area (TPSA) is 60.4 Å². The van der Waals surface area contributed by atoms with Crippen molar-refractivity contribution in [1.82, 2.24) is 5.43 Å². The zero-order valence-electron chi connectivity index (χ0n) is 10.4. The fourth-order valence-electron chi connectivity index (χ4n) is 2.64. The number of hydrogen-bond donors (Lipinski definition) is 2. The molecule has 3 rings (SSSR count). The van der Waals surface area contributed by atoms with E-state index in [1.54, 1.807) is 0 Å². The summed E-state index contributed by atoms with van der Waals surface area (Å²) in [5.41, 5.74) is 3.72. The predicted octanol–water partition coefficient (Wildman–Crippen LogP) is 2.36. The van der Waals surface area contributed by atoms with Crippen molar-refractivity contribution in [3.05, 3.63) is 36.1 Å². The van der Waals surface area contributed by atoms with Gasteiger partial charge in [-0.2, -0.15) is 0 Å². The molecule has 0 spiro atoms. The Morgan fingerprint density at radius 3 is 2.89 bits per heavy atom. The van der Waals surface area contributed by atoms with Crippen LogP contribution < -0.4 is 11.3 Å². The molecule has 1 saturated heterocycles. The number of nitrogens with two attached hydrogens (primary N) is 1. The number of rotatable bonds is 3. The van der Waals surface area contributed by atoms with E-state index in [0.717, 1.165) is 29.8 Å². The minimum absolute atomic E-state index is 0.0792. The number of para-hydroxylation sites is 1. The van der Waals surface area contributed by atoms with Gasteiger partial charge >= 0.3 is 0 Å². The van der Waals surface area contributed by atoms with Crippen LogP contribution in [-0.2, 0) is 4.74 Å². The van der Waals surface area contributed by atoms with Gasteiger partial charge in [0.05, 0.1) is 6.10 Å². The Bertz CT molecular complexity index is 504. The molecule has 3 unspecified atom stereocenters. The van der Waals surface area contributed by atoms with Gasteiger partial charge in [0.1, 0.15) is 17.4 Å². The molecule has 0 radical (unpaired) electrons. The molecule has 3 N–H and O–H groups in total. The van der Waals surface area contributed by atoms with Crippen molar-refractivity contribution in [1.29, 1.82) is 0 Å². The van der Waals surface area contributed by atoms with Gasteiger partial charge in [-0.1, -0.05) is 25.1 Å². The minimum Gasteiger partial charge on any atom is -0.459 e. The van der Waals surface area contributed by atoms with E-state index in [2.05, 4.69) is 12.3 Å². The Morgan fingerprint density at radius 1 is 1.39 bits per heavy atom. The van der Waals surface area contributed by atoms with E-state index in [-0.39, 0.29) is 12.1 Å². The van der Waals surface area contributed by atoms with Crippen molar-refractivity contribution in [3.63, 3.8) is 0 Å². The van der Waals surface area contributed by atoms with Crippen LogP contribution in [0.1, 0.15) is 25.1 Å². The van der Waals surface area contributed by atoms with Gasteiger partial charge in [-0.15, -0.1) is 0 Å². The molecule has 1 aliphatic rings. The van der Waals surface area contributed by atoms with E-state index in [0.29, 0.717) is 5.92 Å². The molecule has 4 heteroatoms. The number of furan rings is 1. The summed E-state index contributed by atoms with van der Waals surface area (Å²) in [6, 6.07) is 9.92. The maximum absolute atomic E-state index is 5.86. The van der Waals surface area contributed by atoms with Gasteiger partial charge in [0.25, 0.3) is 0 Å². The lowest BCUT2D eigenvalue weighted by Crippen LogP contribution is -2.38. The molecule has 0 amide bonds. The lowest BCUT2D eigenvalue weighted by molar-refractivity contribution is 0.0544. The van der Waals surface area contributed by atoms with Crippen molar-refractivity contribution in [2.75, 3.05) is 6.61 Å². The predicted molar refractivity (Wildman–Crippen MR) is 69.8 cm³/mol. The molecule has 1 fully saturated rings. The SMILES string of the molecule is CC1CCOC1C(NN)c1cc2ccccc2o1. The van der Waals surface area contributed by atoms with Gasteiger partial charge in [-0.05, 0) is 24.5 Å². The standard InChI is InChI=1S/C14H18N2O2/c1-9-6-7-17-14(9)13(16-15)12-8-10-4-2-3-5-11(10)18-12/h2-5,8-9,13-14,16H,6-7,15H2,1H3. The molecule has 2 heterocycles. The highest BCUT2D eigenvalue weighted by molar-refractivity contribution is 5.77. The third-order valence-electron chi connectivity index (χ3n) is 3.70. The summed E-state index contributed by atoms with van der Waals surface area (Å²) < 4.78 is 11.6. The zero-order chi connectivity index (χ0) is 12.5. The van der Waals surface area contributed by atoms with Crippen molar-refractivity contribution in [2.45, 2.75) is 25.5 Å². The van der Waals surface area contributed by atoms with E-state index in [9.17, 15) is 0 Å². The molecule has 96 valence electrons. The summed E-state index contributed by atoms with van der Waals surface area (Å²) in [5, 5.41) is 1.10. The van der Waals surface area contributed by atoms with E-state index >= 15 is 0 Å². The second-order valence-corrected chi connectivity index (χ2v) is 4.93. The van der Waals surface area contributed by atoms with Gasteiger partial charge < -0.3 is 9.15 Å². The van der Waals surface area contributed by atoms with Crippen molar-refractivity contribution in [2.24, 2.45) is 11.8 Å². The van der Waals surface area contributed by atoms with E-state index in [1.807, 2.05) is 30.3 Å². The first-order valence-electron chi connectivity index (χ1n) is 6.36. The Morgan fingerprint density at radius 2 is 2.22 bits per heavy atom. The Hall–Kier alpha value is -1.36. The van der Waals surface area contributed by atoms with Crippen molar-refractivity contribution < 1.29 is 9.15 Å². The monoisotopic (exact) mass is 246 g/mol. The number of hydrazine groups is 1. The van der Waals surface area contributed by atoms with E-state index in [4.69, 9.17) is 15.0 Å². The summed E-state index contributed by atoms with van der Waals surface area (Å²) in [5.74, 6) is 7.01. The van der Waals surface area contributed by atoms with Crippen LogP contribution in [0.4, 0.5) is 0 Å². The number of nitrogens with one attached hydrogen (secondary N) is 1. The highest BCUT2D eigenvalue weighted by Crippen LogP contribution is 2.33. The van der Waals surface area contributed by atoms with Crippen molar-refractivity contribution >= 4 is 11.0 Å². The number of benzene rings is 1. The van der Waals surface area contributed by atoms with Crippen LogP contribution >= 0.6 is 0 Å². The molecule has 0 aliphatic carbocycles. The third-order valence-corrected chi connectivity index (χ3v) is 3.70. The first-order valence-corrected chi connectivity index (χ1v) is 6.36. The van der Waals surface area contributed by atoms with Gasteiger partial charge in [-0.3, -0.25) is 5.84 Å². The lowest BCUT2D eigenvalue weighted by atomic mass is 9.96. The van der Waals surface area contributed by atoms with Crippen LogP contribution in [0.2, 0.25) is 0 Å². The highest BCUT2D eigenvalue weighted by atomic mass is 16.5. The molecule has 1 aromatic heterocycles. The molecule has 3 atom stereocenters. The fraction of sp³-hybridized carbons (Fsp3) is 0.429. The first-order chi connectivity index (χ1) is 8.79. The second-order valence-electron chi connectivity index (χ2n) is 4.93. The quantitative estimate of drug-likeness (QED) is 0.644. The zero-order valence-corrected chi connectivity index (χ0v) is 10.4. The average Bonchev–Trinajstić information content (AvgIpc) is 2.97. The van der Waals surface area contributed by atoms with Crippen LogP contribution in [0.3, 0.4) is 0 Å². The highest BCUT2D eigenvalue weighted by Gasteiger charge is 2.34. The number of ether oxygens (including phenoxy) is 1. The largest absolute Gasteiger partial charge is 0.459 e. The average molecular weight is 246 g/mol. The molecule has 1 aliphatic heterocycles. The van der Waals surface area contributed by atoms with Gasteiger partial charge in [0, 0.05) is 12.0 Å². The van der Waals surface area contributed by atoms with Crippen LogP contribution in [0, 0.1) is 5.92 Å². The van der Waals surface area contributed by atoms with Crippen LogP contribution in [0.5, 0.6) is 0 Å². The van der Waals surface area contributed by atoms with Crippen molar-refractivity contribution in [3.8, 4) is 0 Å². The van der Waals surface area contributed by atoms with Crippen LogP contribution in [0.25, 0.3) is 11.0 Å². The lowest BCUT2D eigenvalue weighted by Gasteiger charge is -2.23. The maximum Gasteiger partial charge on any atom is 0.134 e. The summed E-state index contributed by atoms with van der Waals surface area (Å²) in [7, 11) is 0. The van der Waals surface area contributed by atoms with E-state index < -0.39 is 0 Å². The number of hydrogen-bond acceptors (Lipinski definition) is 4. The second kappa shape index (κ2) is 4.72. The Kier molecular flexibility index (Phi) is 3.07. The smallest absolute Gasteiger partial charge is 0.134 e. The summed E-state index contributed by atoms with van der Waals surface area (Å²) in [4.78, 5) is 0. The van der Waals surface area contributed by atoms with Gasteiger partial charge in [0.2, 0.25) is 0 Å². The van der Waals surface area contributed by atoms with Gasteiger partial charge in [0.15, 0.2) is 0 Å². The molecule has 2 aromatic rings. The van der Waals surface area contributed by atoms with E-state index in [1.165, 1.54) is 0 Å². The number of fused-ring (bicyclic) bond motifs is 1. The first kappa shape index (κ1) is 11.7. The molecule has 0 bridgehead atoms. The Labute approximate surface area is 106 Å². The Balaban J connectivity index is 1.95. The minimum atomic E-state index is -0.0881. The third kappa shape index (κ3) is 1.92. The normalized spacial score (nSPS) is 25.7. The summed E-state index contributed by atoms with van der Waals surface area (Å²) in [6.07, 6.45) is 1.15. The molecule has 18 heavy (non-hydrogen) atoms. The fourth-order valence-corrected chi connectivity index (χ4v) is 2.64. The molecule has 1 aromatic carbocycles. The molecular weight excluding hydrogens is 228 g/mol. The van der Waals surface area contributed by atoms with Crippen LogP contribution in [-0.4, -0.2) is 12.7 Å². The summed E-state index contributed by atoms with van der Waals surface area (Å²) >= 11 is 0. The molecule has 4 nitrogen and oxygen atoms in total. The maximum atomic E-state index is 5.86. The van der Waals surface area contributed by atoms with Gasteiger partial charge in [-0.25, -0.2) is 5.43 Å².